The number of carbonyl (C=O) groups excluding carboxylic acids is 3. The van der Waals surface area contributed by atoms with E-state index in [1.165, 1.54) is 23.5 Å². The van der Waals surface area contributed by atoms with E-state index in [0.29, 0.717) is 22.4 Å². The first-order valence-corrected chi connectivity index (χ1v) is 10.2. The Morgan fingerprint density at radius 1 is 0.900 bits per heavy atom. The lowest BCUT2D eigenvalue weighted by atomic mass is 10.1. The molecule has 3 aromatic rings. The van der Waals surface area contributed by atoms with Crippen LogP contribution in [-0.2, 0) is 11.2 Å². The number of benzene rings is 2. The lowest BCUT2D eigenvalue weighted by molar-refractivity contribution is -0.120. The molecule has 154 valence electrons. The number of anilines is 1. The highest BCUT2D eigenvalue weighted by atomic mass is 32.1. The molecule has 30 heavy (non-hydrogen) atoms. The van der Waals surface area contributed by atoms with E-state index < -0.39 is 5.82 Å². The lowest BCUT2D eigenvalue weighted by Crippen LogP contribution is -2.35. The molecule has 1 heterocycles. The Balaban J connectivity index is 1.48. The Morgan fingerprint density at radius 2 is 1.70 bits per heavy atom. The van der Waals surface area contributed by atoms with Crippen LogP contribution in [0.25, 0.3) is 0 Å². The number of rotatable bonds is 8. The fraction of sp³-hybridized carbons (Fsp3) is 0.136. The first-order valence-electron chi connectivity index (χ1n) is 9.25. The summed E-state index contributed by atoms with van der Waals surface area (Å²) in [7, 11) is 0. The van der Waals surface area contributed by atoms with Gasteiger partial charge in [0.25, 0.3) is 11.8 Å². The van der Waals surface area contributed by atoms with Crippen molar-refractivity contribution in [2.75, 3.05) is 18.4 Å². The van der Waals surface area contributed by atoms with Gasteiger partial charge in [-0.25, -0.2) is 4.39 Å². The molecule has 6 nitrogen and oxygen atoms in total. The molecule has 0 spiro atoms. The highest BCUT2D eigenvalue weighted by Crippen LogP contribution is 2.17. The molecule has 0 atom stereocenters. The van der Waals surface area contributed by atoms with Crippen molar-refractivity contribution in [1.29, 1.82) is 0 Å². The van der Waals surface area contributed by atoms with Gasteiger partial charge >= 0.3 is 0 Å². The quantitative estimate of drug-likeness (QED) is 0.484. The molecule has 8 heteroatoms. The highest BCUT2D eigenvalue weighted by molar-refractivity contribution is 7.08. The molecule has 0 aliphatic heterocycles. The number of hydrogen-bond donors (Lipinski definition) is 3. The largest absolute Gasteiger partial charge is 0.354 e. The minimum Gasteiger partial charge on any atom is -0.354 e. The minimum atomic E-state index is -0.391. The number of carbonyl (C=O) groups is 3. The van der Waals surface area contributed by atoms with Crippen molar-refractivity contribution < 1.29 is 18.8 Å². The summed E-state index contributed by atoms with van der Waals surface area (Å²) >= 11 is 1.41. The Kier molecular flexibility index (Phi) is 7.29. The van der Waals surface area contributed by atoms with Crippen LogP contribution in [0.3, 0.4) is 0 Å². The van der Waals surface area contributed by atoms with E-state index in [0.717, 1.165) is 0 Å². The fourth-order valence-electron chi connectivity index (χ4n) is 2.75. The van der Waals surface area contributed by atoms with Crippen molar-refractivity contribution in [1.82, 2.24) is 10.6 Å². The number of para-hydroxylation sites is 1. The maximum absolute atomic E-state index is 13.2. The lowest BCUT2D eigenvalue weighted by Gasteiger charge is -2.11. The summed E-state index contributed by atoms with van der Waals surface area (Å²) in [6, 6.07) is 14.2. The third-order valence-corrected chi connectivity index (χ3v) is 4.87. The molecule has 0 saturated carbocycles. The van der Waals surface area contributed by atoms with Gasteiger partial charge in [-0.05, 0) is 41.3 Å². The van der Waals surface area contributed by atoms with Crippen molar-refractivity contribution >= 4 is 34.7 Å². The van der Waals surface area contributed by atoms with Crippen molar-refractivity contribution in [2.24, 2.45) is 0 Å². The molecule has 0 bridgehead atoms. The van der Waals surface area contributed by atoms with Crippen molar-refractivity contribution in [2.45, 2.75) is 6.42 Å². The van der Waals surface area contributed by atoms with Crippen molar-refractivity contribution in [3.05, 3.63) is 87.9 Å². The molecule has 3 N–H and O–H groups in total. The predicted molar refractivity (Wildman–Crippen MR) is 114 cm³/mol. The van der Waals surface area contributed by atoms with Crippen LogP contribution in [0.2, 0.25) is 0 Å². The van der Waals surface area contributed by atoms with Crippen LogP contribution >= 0.6 is 11.3 Å². The molecular weight excluding hydrogens is 405 g/mol. The van der Waals surface area contributed by atoms with Gasteiger partial charge in [0.15, 0.2) is 0 Å². The summed E-state index contributed by atoms with van der Waals surface area (Å²) in [4.78, 5) is 36.7. The summed E-state index contributed by atoms with van der Waals surface area (Å²) < 4.78 is 13.2. The Hall–Kier alpha value is -3.52. The second-order valence-corrected chi connectivity index (χ2v) is 7.20. The molecule has 2 aromatic carbocycles. The molecule has 0 unspecified atom stereocenters. The number of amides is 3. The van der Waals surface area contributed by atoms with Crippen LogP contribution in [0.15, 0.2) is 65.4 Å². The zero-order chi connectivity index (χ0) is 21.3. The van der Waals surface area contributed by atoms with E-state index in [4.69, 9.17) is 0 Å². The van der Waals surface area contributed by atoms with Gasteiger partial charge in [0.05, 0.1) is 23.2 Å². The number of thiophene rings is 1. The average Bonchev–Trinajstić information content (AvgIpc) is 3.26. The third kappa shape index (κ3) is 5.99. The van der Waals surface area contributed by atoms with Gasteiger partial charge in [-0.1, -0.05) is 24.3 Å². The molecule has 3 rings (SSSR count). The van der Waals surface area contributed by atoms with Crippen molar-refractivity contribution in [3.63, 3.8) is 0 Å². The van der Waals surface area contributed by atoms with Gasteiger partial charge in [0, 0.05) is 18.5 Å². The molecule has 0 saturated heterocycles. The Bertz CT molecular complexity index is 1040. The zero-order valence-electron chi connectivity index (χ0n) is 16.0. The minimum absolute atomic E-state index is 0.0587. The van der Waals surface area contributed by atoms with E-state index in [1.807, 2.05) is 0 Å². The molecule has 0 aliphatic carbocycles. The zero-order valence-corrected chi connectivity index (χ0v) is 16.8. The van der Waals surface area contributed by atoms with E-state index >= 15 is 0 Å². The molecular formula is C22H20FN3O3S. The highest BCUT2D eigenvalue weighted by Gasteiger charge is 2.14. The van der Waals surface area contributed by atoms with Crippen molar-refractivity contribution in [3.8, 4) is 0 Å². The van der Waals surface area contributed by atoms with E-state index in [-0.39, 0.29) is 37.2 Å². The van der Waals surface area contributed by atoms with Crippen LogP contribution < -0.4 is 16.0 Å². The molecule has 3 amide bonds. The molecule has 0 fully saturated rings. The first kappa shape index (κ1) is 21.2. The van der Waals surface area contributed by atoms with Crippen LogP contribution in [0, 0.1) is 5.82 Å². The standard InChI is InChI=1S/C22H20FN3O3S/c23-17-5-3-4-15(12-17)13-20(27)24-9-10-25-22(29)18-6-1-2-7-19(18)26-21(28)16-8-11-30-14-16/h1-8,11-12,14H,9-10,13H2,(H,24,27)(H,25,29)(H,26,28). The second-order valence-electron chi connectivity index (χ2n) is 6.42. The third-order valence-electron chi connectivity index (χ3n) is 4.19. The van der Waals surface area contributed by atoms with Gasteiger partial charge in [-0.15, -0.1) is 0 Å². The van der Waals surface area contributed by atoms with Gasteiger partial charge in [-0.3, -0.25) is 14.4 Å². The number of nitrogens with one attached hydrogen (secondary N) is 3. The number of halogens is 1. The SMILES string of the molecule is O=C(Cc1cccc(F)c1)NCCNC(=O)c1ccccc1NC(=O)c1ccsc1. The van der Waals surface area contributed by atoms with Crippen LogP contribution in [0.1, 0.15) is 26.3 Å². The van der Waals surface area contributed by atoms with Gasteiger partial charge in [0.2, 0.25) is 5.91 Å². The average molecular weight is 425 g/mol. The van der Waals surface area contributed by atoms with Crippen LogP contribution in [-0.4, -0.2) is 30.8 Å². The summed E-state index contributed by atoms with van der Waals surface area (Å²) in [5.41, 5.74) is 1.83. The molecule has 0 radical (unpaired) electrons. The van der Waals surface area contributed by atoms with Gasteiger partial charge in [-0.2, -0.15) is 11.3 Å². The van der Waals surface area contributed by atoms with E-state index in [1.54, 1.807) is 53.2 Å². The Morgan fingerprint density at radius 3 is 2.47 bits per heavy atom. The molecule has 0 aliphatic rings. The predicted octanol–water partition coefficient (Wildman–Crippen LogP) is 3.23. The maximum atomic E-state index is 13.2. The summed E-state index contributed by atoms with van der Waals surface area (Å²) in [6.07, 6.45) is 0.0587. The summed E-state index contributed by atoms with van der Waals surface area (Å²) in [6.45, 7) is 0.434. The summed E-state index contributed by atoms with van der Waals surface area (Å²) in [5, 5.41) is 11.7. The second kappa shape index (κ2) is 10.3. The maximum Gasteiger partial charge on any atom is 0.256 e. The topological polar surface area (TPSA) is 87.3 Å². The van der Waals surface area contributed by atoms with Gasteiger partial charge in [0.1, 0.15) is 5.82 Å². The van der Waals surface area contributed by atoms with E-state index in [9.17, 15) is 18.8 Å². The van der Waals surface area contributed by atoms with Crippen LogP contribution in [0.4, 0.5) is 10.1 Å². The Labute approximate surface area is 177 Å². The van der Waals surface area contributed by atoms with Gasteiger partial charge < -0.3 is 16.0 Å². The number of hydrogen-bond acceptors (Lipinski definition) is 4. The monoisotopic (exact) mass is 425 g/mol. The fourth-order valence-corrected chi connectivity index (χ4v) is 3.38. The van der Waals surface area contributed by atoms with E-state index in [2.05, 4.69) is 16.0 Å². The first-order chi connectivity index (χ1) is 14.5. The van der Waals surface area contributed by atoms with Crippen LogP contribution in [0.5, 0.6) is 0 Å². The molecule has 1 aromatic heterocycles. The normalized spacial score (nSPS) is 10.3. The summed E-state index contributed by atoms with van der Waals surface area (Å²) in [5.74, 6) is -1.31. The smallest absolute Gasteiger partial charge is 0.256 e.